The second-order valence-electron chi connectivity index (χ2n) is 6.61. The zero-order valence-corrected chi connectivity index (χ0v) is 13.7. The van der Waals surface area contributed by atoms with Gasteiger partial charge >= 0.3 is 0 Å². The molecule has 2 aromatic rings. The molecule has 2 saturated heterocycles. The molecule has 4 rings (SSSR count). The number of aromatic nitrogens is 1. The molecule has 3 heterocycles. The maximum atomic E-state index is 12.2. The SMILES string of the molecule is COc1ccc2cc(C3(O)CC4CCC(C3)S4(=O)=O)ccc2n1. The maximum Gasteiger partial charge on any atom is 0.213 e. The number of sulfone groups is 1. The number of fused-ring (bicyclic) bond motifs is 3. The normalized spacial score (nSPS) is 32.1. The molecule has 1 aromatic heterocycles. The maximum absolute atomic E-state index is 12.2. The molecular formula is C17H19NO4S. The summed E-state index contributed by atoms with van der Waals surface area (Å²) in [5.74, 6) is 0.547. The van der Waals surface area contributed by atoms with Crippen LogP contribution in [0.1, 0.15) is 31.2 Å². The van der Waals surface area contributed by atoms with Crippen molar-refractivity contribution in [3.05, 3.63) is 35.9 Å². The van der Waals surface area contributed by atoms with Crippen LogP contribution >= 0.6 is 0 Å². The van der Waals surface area contributed by atoms with E-state index < -0.39 is 25.9 Å². The Hall–Kier alpha value is -1.66. The van der Waals surface area contributed by atoms with Gasteiger partial charge in [0.25, 0.3) is 0 Å². The largest absolute Gasteiger partial charge is 0.481 e. The van der Waals surface area contributed by atoms with Gasteiger partial charge in [0.05, 0.1) is 28.7 Å². The zero-order chi connectivity index (χ0) is 16.2. The number of pyridine rings is 1. The highest BCUT2D eigenvalue weighted by Gasteiger charge is 2.53. The smallest absolute Gasteiger partial charge is 0.213 e. The van der Waals surface area contributed by atoms with Crippen molar-refractivity contribution in [3.63, 3.8) is 0 Å². The summed E-state index contributed by atoms with van der Waals surface area (Å²) in [4.78, 5) is 4.37. The number of nitrogens with zero attached hydrogens (tertiary/aromatic N) is 1. The molecule has 23 heavy (non-hydrogen) atoms. The average molecular weight is 333 g/mol. The van der Waals surface area contributed by atoms with Gasteiger partial charge in [0.2, 0.25) is 5.88 Å². The van der Waals surface area contributed by atoms with Crippen LogP contribution in [0, 0.1) is 0 Å². The van der Waals surface area contributed by atoms with E-state index in [1.807, 2.05) is 24.3 Å². The Morgan fingerprint density at radius 3 is 2.52 bits per heavy atom. The van der Waals surface area contributed by atoms with Crippen molar-refractivity contribution >= 4 is 20.7 Å². The van der Waals surface area contributed by atoms with Crippen LogP contribution in [0.15, 0.2) is 30.3 Å². The van der Waals surface area contributed by atoms with E-state index in [0.29, 0.717) is 31.6 Å². The molecule has 122 valence electrons. The summed E-state index contributed by atoms with van der Waals surface area (Å²) >= 11 is 0. The number of hydrogen-bond acceptors (Lipinski definition) is 5. The third-order valence-corrected chi connectivity index (χ3v) is 7.94. The van der Waals surface area contributed by atoms with Gasteiger partial charge in [-0.25, -0.2) is 13.4 Å². The number of aliphatic hydroxyl groups is 1. The quantitative estimate of drug-likeness (QED) is 0.911. The predicted molar refractivity (Wildman–Crippen MR) is 87.2 cm³/mol. The van der Waals surface area contributed by atoms with Crippen LogP contribution in [0.5, 0.6) is 5.88 Å². The summed E-state index contributed by atoms with van der Waals surface area (Å²) in [5, 5.41) is 11.2. The third-order valence-electron chi connectivity index (χ3n) is 5.28. The molecule has 2 aliphatic heterocycles. The first-order valence-electron chi connectivity index (χ1n) is 7.83. The Labute approximate surface area is 135 Å². The summed E-state index contributed by atoms with van der Waals surface area (Å²) in [6.45, 7) is 0. The second-order valence-corrected chi connectivity index (χ2v) is 9.12. The number of methoxy groups -OCH3 is 1. The van der Waals surface area contributed by atoms with Gasteiger partial charge in [-0.3, -0.25) is 0 Å². The van der Waals surface area contributed by atoms with Gasteiger partial charge in [0.1, 0.15) is 0 Å². The van der Waals surface area contributed by atoms with Crippen LogP contribution in [0.2, 0.25) is 0 Å². The molecule has 0 spiro atoms. The number of rotatable bonds is 2. The lowest BCUT2D eigenvalue weighted by molar-refractivity contribution is 0.0174. The van der Waals surface area contributed by atoms with Crippen LogP contribution < -0.4 is 4.74 Å². The minimum atomic E-state index is -3.05. The van der Waals surface area contributed by atoms with Gasteiger partial charge in [-0.15, -0.1) is 0 Å². The molecule has 2 unspecified atom stereocenters. The highest BCUT2D eigenvalue weighted by molar-refractivity contribution is 7.93. The molecule has 2 fully saturated rings. The van der Waals surface area contributed by atoms with Crippen molar-refractivity contribution < 1.29 is 18.3 Å². The Morgan fingerprint density at radius 1 is 1.17 bits per heavy atom. The van der Waals surface area contributed by atoms with Crippen molar-refractivity contribution in [3.8, 4) is 5.88 Å². The summed E-state index contributed by atoms with van der Waals surface area (Å²) in [5.41, 5.74) is 0.512. The number of benzene rings is 1. The van der Waals surface area contributed by atoms with Crippen LogP contribution in [-0.2, 0) is 15.4 Å². The lowest BCUT2D eigenvalue weighted by Crippen LogP contribution is -2.43. The Kier molecular flexibility index (Phi) is 3.19. The lowest BCUT2D eigenvalue weighted by atomic mass is 9.85. The summed E-state index contributed by atoms with van der Waals surface area (Å²) < 4.78 is 29.6. The van der Waals surface area contributed by atoms with Crippen molar-refractivity contribution in [2.45, 2.75) is 41.8 Å². The van der Waals surface area contributed by atoms with Gasteiger partial charge in [-0.05, 0) is 49.4 Å². The molecular weight excluding hydrogens is 314 g/mol. The van der Waals surface area contributed by atoms with Crippen LogP contribution in [0.25, 0.3) is 10.9 Å². The molecule has 0 radical (unpaired) electrons. The van der Waals surface area contributed by atoms with Gasteiger partial charge in [-0.2, -0.15) is 0 Å². The minimum Gasteiger partial charge on any atom is -0.481 e. The van der Waals surface area contributed by atoms with E-state index in [0.717, 1.165) is 16.5 Å². The highest BCUT2D eigenvalue weighted by Crippen LogP contribution is 2.47. The molecule has 6 heteroatoms. The molecule has 2 atom stereocenters. The molecule has 0 amide bonds. The predicted octanol–water partition coefficient (Wildman–Crippen LogP) is 2.17. The van der Waals surface area contributed by atoms with E-state index in [-0.39, 0.29) is 0 Å². The van der Waals surface area contributed by atoms with Crippen LogP contribution in [0.4, 0.5) is 0 Å². The molecule has 0 aliphatic carbocycles. The van der Waals surface area contributed by atoms with Gasteiger partial charge in [-0.1, -0.05) is 6.07 Å². The van der Waals surface area contributed by atoms with E-state index in [9.17, 15) is 13.5 Å². The fourth-order valence-corrected chi connectivity index (χ4v) is 6.48. The topological polar surface area (TPSA) is 76.5 Å². The van der Waals surface area contributed by atoms with Crippen molar-refractivity contribution in [1.82, 2.24) is 4.98 Å². The Bertz CT molecular complexity index is 857. The Morgan fingerprint density at radius 2 is 1.87 bits per heavy atom. The number of ether oxygens (including phenoxy) is 1. The average Bonchev–Trinajstić information content (AvgIpc) is 2.72. The molecule has 1 N–H and O–H groups in total. The van der Waals surface area contributed by atoms with E-state index in [2.05, 4.69) is 4.98 Å². The first-order chi connectivity index (χ1) is 10.9. The molecule has 2 aliphatic rings. The van der Waals surface area contributed by atoms with Crippen LogP contribution in [0.3, 0.4) is 0 Å². The van der Waals surface area contributed by atoms with Gasteiger partial charge in [0.15, 0.2) is 9.84 Å². The monoisotopic (exact) mass is 333 g/mol. The number of hydrogen-bond donors (Lipinski definition) is 1. The van der Waals surface area contributed by atoms with Crippen molar-refractivity contribution in [1.29, 1.82) is 0 Å². The first kappa shape index (κ1) is 14.9. The third kappa shape index (κ3) is 2.23. The minimum absolute atomic E-state index is 0.293. The standard InChI is InChI=1S/C17H19NO4S/c1-22-16-7-2-11-8-12(3-6-15(11)18-16)17(19)9-13-4-5-14(10-17)23(13,20)21/h2-3,6-8,13-14,19H,4-5,9-10H2,1H3. The van der Waals surface area contributed by atoms with Gasteiger partial charge in [0, 0.05) is 11.5 Å². The van der Waals surface area contributed by atoms with E-state index in [1.165, 1.54) is 0 Å². The van der Waals surface area contributed by atoms with Crippen molar-refractivity contribution in [2.24, 2.45) is 0 Å². The fourth-order valence-electron chi connectivity index (χ4n) is 3.99. The van der Waals surface area contributed by atoms with Crippen LogP contribution in [-0.4, -0.2) is 36.1 Å². The Balaban J connectivity index is 1.74. The van der Waals surface area contributed by atoms with E-state index >= 15 is 0 Å². The molecule has 1 aromatic carbocycles. The molecule has 2 bridgehead atoms. The zero-order valence-electron chi connectivity index (χ0n) is 12.9. The van der Waals surface area contributed by atoms with Crippen molar-refractivity contribution in [2.75, 3.05) is 7.11 Å². The fraction of sp³-hybridized carbons (Fsp3) is 0.471. The summed E-state index contributed by atoms with van der Waals surface area (Å²) in [6.07, 6.45) is 1.92. The van der Waals surface area contributed by atoms with E-state index in [1.54, 1.807) is 13.2 Å². The lowest BCUT2D eigenvalue weighted by Gasteiger charge is -2.36. The summed E-state index contributed by atoms with van der Waals surface area (Å²) in [6, 6.07) is 9.31. The van der Waals surface area contributed by atoms with E-state index in [4.69, 9.17) is 4.74 Å². The highest BCUT2D eigenvalue weighted by atomic mass is 32.2. The summed E-state index contributed by atoms with van der Waals surface area (Å²) in [7, 11) is -1.48. The molecule has 5 nitrogen and oxygen atoms in total. The first-order valence-corrected chi connectivity index (χ1v) is 9.44. The molecule has 0 saturated carbocycles. The van der Waals surface area contributed by atoms with Gasteiger partial charge < -0.3 is 9.84 Å². The second kappa shape index (κ2) is 4.92.